The lowest BCUT2D eigenvalue weighted by Gasteiger charge is -2.37. The maximum Gasteiger partial charge on any atom is 0.0506 e. The van der Waals surface area contributed by atoms with E-state index in [0.717, 1.165) is 31.1 Å². The molecule has 4 heteroatoms. The van der Waals surface area contributed by atoms with Crippen LogP contribution in [-0.4, -0.2) is 50.3 Å². The third kappa shape index (κ3) is 4.32. The minimum Gasteiger partial charge on any atom is -0.381 e. The van der Waals surface area contributed by atoms with Gasteiger partial charge in [0.15, 0.2) is 0 Å². The summed E-state index contributed by atoms with van der Waals surface area (Å²) in [6.07, 6.45) is 8.28. The number of likely N-dealkylation sites (tertiary alicyclic amines) is 1. The van der Waals surface area contributed by atoms with Crippen molar-refractivity contribution >= 4 is 12.4 Å². The Morgan fingerprint density at radius 1 is 1.05 bits per heavy atom. The molecule has 19 heavy (non-hydrogen) atoms. The lowest BCUT2D eigenvalue weighted by molar-refractivity contribution is 0.0315. The first kappa shape index (κ1) is 15.6. The van der Waals surface area contributed by atoms with Crippen molar-refractivity contribution < 1.29 is 4.74 Å². The zero-order valence-electron chi connectivity index (χ0n) is 12.0. The second-order valence-electron chi connectivity index (χ2n) is 6.42. The largest absolute Gasteiger partial charge is 0.381 e. The van der Waals surface area contributed by atoms with E-state index in [1.54, 1.807) is 0 Å². The Labute approximate surface area is 123 Å². The number of piperidine rings is 1. The van der Waals surface area contributed by atoms with Gasteiger partial charge in [0.25, 0.3) is 0 Å². The highest BCUT2D eigenvalue weighted by molar-refractivity contribution is 5.85. The molecule has 0 amide bonds. The van der Waals surface area contributed by atoms with Gasteiger partial charge in [-0.15, -0.1) is 12.4 Å². The second-order valence-corrected chi connectivity index (χ2v) is 6.42. The predicted octanol–water partition coefficient (Wildman–Crippen LogP) is 2.30. The molecule has 0 radical (unpaired) electrons. The lowest BCUT2D eigenvalue weighted by Crippen LogP contribution is -2.43. The van der Waals surface area contributed by atoms with E-state index < -0.39 is 0 Å². The third-order valence-electron chi connectivity index (χ3n) is 5.07. The molecule has 2 unspecified atom stereocenters. The van der Waals surface area contributed by atoms with Crippen LogP contribution in [0.4, 0.5) is 0 Å². The third-order valence-corrected chi connectivity index (χ3v) is 5.07. The molecule has 3 aliphatic heterocycles. The summed E-state index contributed by atoms with van der Waals surface area (Å²) in [6.45, 7) is 7.17. The van der Waals surface area contributed by atoms with Gasteiger partial charge in [-0.2, -0.15) is 0 Å². The van der Waals surface area contributed by atoms with Crippen LogP contribution in [0.25, 0.3) is 0 Å². The number of hydrogen-bond donors (Lipinski definition) is 1. The summed E-state index contributed by atoms with van der Waals surface area (Å²) in [5.41, 5.74) is 0. The number of hydrogen-bond acceptors (Lipinski definition) is 3. The fraction of sp³-hybridized carbons (Fsp3) is 1.00. The summed E-state index contributed by atoms with van der Waals surface area (Å²) < 4.78 is 5.59. The number of nitrogens with zero attached hydrogens (tertiary/aromatic N) is 1. The summed E-state index contributed by atoms with van der Waals surface area (Å²) >= 11 is 0. The zero-order valence-corrected chi connectivity index (χ0v) is 12.8. The molecule has 0 aromatic carbocycles. The molecule has 0 bridgehead atoms. The first-order valence-corrected chi connectivity index (χ1v) is 7.95. The normalized spacial score (nSPS) is 34.1. The minimum atomic E-state index is 0. The topological polar surface area (TPSA) is 24.5 Å². The van der Waals surface area contributed by atoms with E-state index in [2.05, 4.69) is 10.2 Å². The number of nitrogens with one attached hydrogen (secondary N) is 1. The van der Waals surface area contributed by atoms with Crippen LogP contribution in [0.15, 0.2) is 0 Å². The summed E-state index contributed by atoms with van der Waals surface area (Å²) in [5.74, 6) is 1.76. The summed E-state index contributed by atoms with van der Waals surface area (Å²) in [6, 6.07) is 0.838. The highest BCUT2D eigenvalue weighted by atomic mass is 35.5. The molecule has 0 aromatic heterocycles. The van der Waals surface area contributed by atoms with E-state index in [9.17, 15) is 0 Å². The molecular formula is C15H29ClN2O. The Morgan fingerprint density at radius 2 is 1.89 bits per heavy atom. The Kier molecular flexibility index (Phi) is 6.40. The summed E-state index contributed by atoms with van der Waals surface area (Å²) in [4.78, 5) is 2.69. The molecule has 112 valence electrons. The van der Waals surface area contributed by atoms with E-state index >= 15 is 0 Å². The quantitative estimate of drug-likeness (QED) is 0.862. The van der Waals surface area contributed by atoms with Crippen LogP contribution < -0.4 is 5.32 Å². The molecule has 3 fully saturated rings. The predicted molar refractivity (Wildman–Crippen MR) is 81.0 cm³/mol. The minimum absolute atomic E-state index is 0. The van der Waals surface area contributed by atoms with Crippen molar-refractivity contribution in [2.75, 3.05) is 39.4 Å². The molecule has 3 nitrogen and oxygen atoms in total. The maximum atomic E-state index is 5.59. The van der Waals surface area contributed by atoms with Crippen LogP contribution in [0.3, 0.4) is 0 Å². The van der Waals surface area contributed by atoms with Crippen LogP contribution in [0.1, 0.15) is 38.5 Å². The van der Waals surface area contributed by atoms with Gasteiger partial charge >= 0.3 is 0 Å². The van der Waals surface area contributed by atoms with Gasteiger partial charge in [0.05, 0.1) is 6.61 Å². The summed E-state index contributed by atoms with van der Waals surface area (Å²) in [5, 5.41) is 3.68. The van der Waals surface area contributed by atoms with Crippen molar-refractivity contribution in [2.45, 2.75) is 44.6 Å². The van der Waals surface area contributed by atoms with Crippen LogP contribution in [0.5, 0.6) is 0 Å². The molecule has 0 saturated carbocycles. The highest BCUT2D eigenvalue weighted by Crippen LogP contribution is 2.26. The highest BCUT2D eigenvalue weighted by Gasteiger charge is 2.29. The van der Waals surface area contributed by atoms with Crippen molar-refractivity contribution in [2.24, 2.45) is 11.8 Å². The Morgan fingerprint density at radius 3 is 2.53 bits per heavy atom. The summed E-state index contributed by atoms with van der Waals surface area (Å²) in [7, 11) is 0. The fourth-order valence-electron chi connectivity index (χ4n) is 3.97. The van der Waals surface area contributed by atoms with Crippen molar-refractivity contribution in [3.8, 4) is 0 Å². The number of halogens is 1. The van der Waals surface area contributed by atoms with Gasteiger partial charge < -0.3 is 15.0 Å². The monoisotopic (exact) mass is 288 g/mol. The lowest BCUT2D eigenvalue weighted by atomic mass is 9.88. The molecule has 0 aliphatic carbocycles. The van der Waals surface area contributed by atoms with Gasteiger partial charge in [-0.25, -0.2) is 0 Å². The van der Waals surface area contributed by atoms with Crippen molar-refractivity contribution in [3.05, 3.63) is 0 Å². The SMILES string of the molecule is C1COCC(CN2CCC(C3CCCN3)CC2)C1.Cl. The van der Waals surface area contributed by atoms with Crippen LogP contribution in [-0.2, 0) is 4.74 Å². The molecule has 3 heterocycles. The standard InChI is InChI=1S/C15H28N2O.ClH/c1-4-15(16-7-1)14-5-8-17(9-6-14)11-13-3-2-10-18-12-13;/h13-16H,1-12H2;1H. The molecule has 0 spiro atoms. The smallest absolute Gasteiger partial charge is 0.0506 e. The van der Waals surface area contributed by atoms with Gasteiger partial charge in [-0.3, -0.25) is 0 Å². The maximum absolute atomic E-state index is 5.59. The van der Waals surface area contributed by atoms with E-state index in [-0.39, 0.29) is 12.4 Å². The van der Waals surface area contributed by atoms with Gasteiger partial charge in [-0.1, -0.05) is 0 Å². The molecule has 3 rings (SSSR count). The van der Waals surface area contributed by atoms with Crippen molar-refractivity contribution in [3.63, 3.8) is 0 Å². The van der Waals surface area contributed by atoms with Crippen molar-refractivity contribution in [1.29, 1.82) is 0 Å². The van der Waals surface area contributed by atoms with Gasteiger partial charge in [0, 0.05) is 19.2 Å². The Hall–Kier alpha value is 0.170. The first-order valence-electron chi connectivity index (χ1n) is 7.95. The fourth-order valence-corrected chi connectivity index (χ4v) is 3.97. The average molecular weight is 289 g/mol. The van der Waals surface area contributed by atoms with Gasteiger partial charge in [-0.05, 0) is 70.0 Å². The van der Waals surface area contributed by atoms with E-state index in [1.165, 1.54) is 64.7 Å². The van der Waals surface area contributed by atoms with Crippen LogP contribution in [0.2, 0.25) is 0 Å². The van der Waals surface area contributed by atoms with Gasteiger partial charge in [0.1, 0.15) is 0 Å². The van der Waals surface area contributed by atoms with E-state index in [1.807, 2.05) is 0 Å². The number of ether oxygens (including phenoxy) is 1. The molecule has 3 saturated heterocycles. The molecule has 2 atom stereocenters. The molecule has 3 aliphatic rings. The van der Waals surface area contributed by atoms with E-state index in [0.29, 0.717) is 0 Å². The Balaban J connectivity index is 0.00000133. The number of rotatable bonds is 3. The van der Waals surface area contributed by atoms with Crippen molar-refractivity contribution in [1.82, 2.24) is 10.2 Å². The van der Waals surface area contributed by atoms with E-state index in [4.69, 9.17) is 4.74 Å². The van der Waals surface area contributed by atoms with Crippen LogP contribution in [0, 0.1) is 11.8 Å². The zero-order chi connectivity index (χ0) is 12.2. The second kappa shape index (κ2) is 7.82. The van der Waals surface area contributed by atoms with Gasteiger partial charge in [0.2, 0.25) is 0 Å². The molecular weight excluding hydrogens is 260 g/mol. The van der Waals surface area contributed by atoms with Crippen LogP contribution >= 0.6 is 12.4 Å². The average Bonchev–Trinajstić information content (AvgIpc) is 2.95. The molecule has 0 aromatic rings. The Bertz CT molecular complexity index is 245. The first-order chi connectivity index (χ1) is 8.92. The molecule has 1 N–H and O–H groups in total.